The summed E-state index contributed by atoms with van der Waals surface area (Å²) in [6, 6.07) is 0. The zero-order valence-corrected chi connectivity index (χ0v) is 42.1. The number of allylic oxidation sites excluding steroid dienone is 4. The van der Waals surface area contributed by atoms with Gasteiger partial charge in [0.05, 0.1) is 22.8 Å². The van der Waals surface area contributed by atoms with E-state index in [1.807, 2.05) is 0 Å². The zero-order valence-electron chi connectivity index (χ0n) is 38.1. The first-order chi connectivity index (χ1) is 25.7. The van der Waals surface area contributed by atoms with E-state index in [4.69, 9.17) is 9.16 Å². The first kappa shape index (κ1) is 46.0. The van der Waals surface area contributed by atoms with Gasteiger partial charge in [-0.15, -0.1) is 5.54 Å². The lowest BCUT2D eigenvalue weighted by molar-refractivity contribution is -0.110. The smallest absolute Gasteiger partial charge is 0.233 e. The molecule has 0 radical (unpaired) electrons. The van der Waals surface area contributed by atoms with Gasteiger partial charge in [0.15, 0.2) is 14.1 Å². The topological polar surface area (TPSA) is 52.6 Å². The molecule has 0 N–H and O–H groups in total. The summed E-state index contributed by atoms with van der Waals surface area (Å²) in [6.07, 6.45) is 9.93. The van der Waals surface area contributed by atoms with E-state index in [0.717, 1.165) is 86.0 Å². The highest BCUT2D eigenvalue weighted by molar-refractivity contribution is 6.94. The summed E-state index contributed by atoms with van der Waals surface area (Å²) in [5.41, 5.74) is 11.7. The highest BCUT2D eigenvalue weighted by Gasteiger charge is 2.49. The van der Waals surface area contributed by atoms with Crippen molar-refractivity contribution in [3.05, 3.63) is 33.4 Å². The molecule has 1 aliphatic heterocycles. The summed E-state index contributed by atoms with van der Waals surface area (Å²) in [5.74, 6) is 15.9. The van der Waals surface area contributed by atoms with Crippen LogP contribution in [0.1, 0.15) is 121 Å². The van der Waals surface area contributed by atoms with Crippen molar-refractivity contribution in [2.24, 2.45) is 0 Å². The number of fused-ring (bicyclic) bond motifs is 3. The average molecular weight is 825 g/mol. The van der Waals surface area contributed by atoms with Crippen LogP contribution in [0.15, 0.2) is 16.7 Å². The Kier molecular flexibility index (Phi) is 14.2. The SMILES string of the molecule is CC(C)(C)[Si](C)(C)OCCC#CC#CC(=O)C1=C(C#C[Si](C)(C)C)CCCC1.CC(C)(C)[Si](C)(C)c1c2c(c([Si](C)(C)C)c3c1C(=O)C1=C3CCCC1)CCO2. The fourth-order valence-corrected chi connectivity index (χ4v) is 13.9. The molecule has 5 rings (SSSR count). The Morgan fingerprint density at radius 2 is 1.34 bits per heavy atom. The third-order valence-electron chi connectivity index (χ3n) is 12.8. The van der Waals surface area contributed by atoms with Crippen molar-refractivity contribution >= 4 is 60.1 Å². The molecule has 4 aliphatic rings. The largest absolute Gasteiger partial charge is 0.493 e. The minimum Gasteiger partial charge on any atom is -0.493 e. The molecule has 0 fully saturated rings. The third kappa shape index (κ3) is 10.3. The highest BCUT2D eigenvalue weighted by atomic mass is 28.4. The molecule has 0 unspecified atom stereocenters. The number of ether oxygens (including phenoxy) is 1. The monoisotopic (exact) mass is 824 g/mol. The Morgan fingerprint density at radius 3 is 1.93 bits per heavy atom. The maximum atomic E-state index is 13.8. The lowest BCUT2D eigenvalue weighted by Crippen LogP contribution is -2.54. The second-order valence-corrected chi connectivity index (χ2v) is 41.2. The normalized spacial score (nSPS) is 17.2. The van der Waals surface area contributed by atoms with Crippen molar-refractivity contribution in [3.63, 3.8) is 0 Å². The van der Waals surface area contributed by atoms with Crippen LogP contribution in [0, 0.1) is 35.1 Å². The summed E-state index contributed by atoms with van der Waals surface area (Å²) in [4.78, 5) is 26.3. The van der Waals surface area contributed by atoms with Gasteiger partial charge in [-0.3, -0.25) is 9.59 Å². The molecule has 0 atom stereocenters. The van der Waals surface area contributed by atoms with E-state index in [1.54, 1.807) is 0 Å². The first-order valence-corrected chi connectivity index (χ1v) is 34.2. The van der Waals surface area contributed by atoms with Crippen molar-refractivity contribution in [2.75, 3.05) is 13.2 Å². The molecular weight excluding hydrogens is 753 g/mol. The van der Waals surface area contributed by atoms with Crippen molar-refractivity contribution in [1.29, 1.82) is 0 Å². The standard InChI is InChI=1S/2C24H36O2Si2/c1-24(2,3)28(7,8)23-19-18(15-11-9-10-12-16(15)20(19)25)22(27(4,5)6)17-13-14-26-21(17)23;1-24(2,3)28(7,8)26-19-14-10-9-11-17-23(25)22-16-13-12-15-21(22)18-20-27(4,5)6/h9-14H2,1-8H3;12-16,19H2,1-8H3. The van der Waals surface area contributed by atoms with E-state index in [1.165, 1.54) is 33.5 Å². The van der Waals surface area contributed by atoms with Gasteiger partial charge in [0.25, 0.3) is 0 Å². The van der Waals surface area contributed by atoms with E-state index < -0.39 is 32.5 Å². The number of benzene rings is 1. The number of Topliss-reactive ketones (excluding diaryl/α,β-unsaturated/α-hetero) is 2. The zero-order chi connectivity index (χ0) is 42.1. The molecule has 8 heteroatoms. The quantitative estimate of drug-likeness (QED) is 0.124. The van der Waals surface area contributed by atoms with Gasteiger partial charge in [0.2, 0.25) is 5.78 Å². The Balaban J connectivity index is 0.000000249. The minimum atomic E-state index is -1.94. The average Bonchev–Trinajstić information content (AvgIpc) is 3.67. The second kappa shape index (κ2) is 17.3. The van der Waals surface area contributed by atoms with Crippen molar-refractivity contribution < 1.29 is 18.8 Å². The van der Waals surface area contributed by atoms with Gasteiger partial charge >= 0.3 is 0 Å². The van der Waals surface area contributed by atoms with Gasteiger partial charge in [-0.25, -0.2) is 0 Å². The minimum absolute atomic E-state index is 0.105. The molecule has 1 aromatic carbocycles. The molecule has 4 nitrogen and oxygen atoms in total. The predicted molar refractivity (Wildman–Crippen MR) is 250 cm³/mol. The molecule has 0 spiro atoms. The van der Waals surface area contributed by atoms with E-state index >= 15 is 0 Å². The molecule has 304 valence electrons. The molecule has 1 aromatic rings. The van der Waals surface area contributed by atoms with Crippen molar-refractivity contribution in [3.8, 4) is 40.9 Å². The van der Waals surface area contributed by atoms with Crippen LogP contribution in [-0.4, -0.2) is 57.3 Å². The van der Waals surface area contributed by atoms with Gasteiger partial charge in [-0.2, -0.15) is 0 Å². The summed E-state index contributed by atoms with van der Waals surface area (Å²) in [5, 5.41) is 3.25. The Morgan fingerprint density at radius 1 is 0.732 bits per heavy atom. The van der Waals surface area contributed by atoms with Crippen LogP contribution in [0.25, 0.3) is 5.57 Å². The fraction of sp³-hybridized carbons (Fsp3) is 0.625. The van der Waals surface area contributed by atoms with Crippen molar-refractivity contribution in [2.45, 2.75) is 181 Å². The number of carbonyl (C=O) groups excluding carboxylic acids is 2. The number of rotatable bonds is 6. The number of ketones is 2. The third-order valence-corrected chi connectivity index (χ3v) is 25.8. The van der Waals surface area contributed by atoms with E-state index in [-0.39, 0.29) is 15.9 Å². The van der Waals surface area contributed by atoms with E-state index in [2.05, 4.69) is 142 Å². The van der Waals surface area contributed by atoms with Crippen molar-refractivity contribution in [1.82, 2.24) is 0 Å². The van der Waals surface area contributed by atoms with Crippen LogP contribution >= 0.6 is 0 Å². The van der Waals surface area contributed by atoms with Crippen LogP contribution in [-0.2, 0) is 15.6 Å². The second-order valence-electron chi connectivity index (χ2n) is 21.4. The number of carbonyl (C=O) groups is 2. The van der Waals surface area contributed by atoms with Crippen LogP contribution in [0.4, 0.5) is 0 Å². The van der Waals surface area contributed by atoms with E-state index in [9.17, 15) is 9.59 Å². The van der Waals surface area contributed by atoms with E-state index in [0.29, 0.717) is 18.8 Å². The molecule has 0 amide bonds. The van der Waals surface area contributed by atoms with Crippen LogP contribution < -0.4 is 15.1 Å². The first-order valence-electron chi connectivity index (χ1n) is 21.3. The molecule has 0 aromatic heterocycles. The van der Waals surface area contributed by atoms with Gasteiger partial charge in [-0.1, -0.05) is 106 Å². The van der Waals surface area contributed by atoms with Crippen LogP contribution in [0.3, 0.4) is 0 Å². The molecule has 3 aliphatic carbocycles. The number of hydrogen-bond donors (Lipinski definition) is 0. The molecule has 0 bridgehead atoms. The molecule has 56 heavy (non-hydrogen) atoms. The predicted octanol–water partition coefficient (Wildman–Crippen LogP) is 11.1. The Hall–Kier alpha value is -2.65. The molecule has 0 saturated heterocycles. The lowest BCUT2D eigenvalue weighted by atomic mass is 9.90. The van der Waals surface area contributed by atoms with Gasteiger partial charge in [0, 0.05) is 41.7 Å². The summed E-state index contributed by atoms with van der Waals surface area (Å²) in [6.45, 7) is 38.5. The fourth-order valence-electron chi connectivity index (χ4n) is 7.74. The molecule has 0 saturated carbocycles. The van der Waals surface area contributed by atoms with Gasteiger partial charge < -0.3 is 9.16 Å². The Labute approximate surface area is 346 Å². The molecular formula is C48H72O4Si4. The van der Waals surface area contributed by atoms with Gasteiger partial charge in [0.1, 0.15) is 13.8 Å². The maximum absolute atomic E-state index is 13.8. The Bertz CT molecular complexity index is 1980. The number of hydrogen-bond acceptors (Lipinski definition) is 4. The maximum Gasteiger partial charge on any atom is 0.233 e. The summed E-state index contributed by atoms with van der Waals surface area (Å²) < 4.78 is 12.4. The van der Waals surface area contributed by atoms with Gasteiger partial charge in [-0.05, 0) is 119 Å². The molecule has 1 heterocycles. The van der Waals surface area contributed by atoms with Crippen LogP contribution in [0.2, 0.25) is 75.5 Å². The van der Waals surface area contributed by atoms with Crippen LogP contribution in [0.5, 0.6) is 5.75 Å². The summed E-state index contributed by atoms with van der Waals surface area (Å²) in [7, 11) is -6.74. The highest BCUT2D eigenvalue weighted by Crippen LogP contribution is 2.47. The summed E-state index contributed by atoms with van der Waals surface area (Å²) >= 11 is 0. The lowest BCUT2D eigenvalue weighted by Gasteiger charge is -2.40.